The molecule has 1 aliphatic heterocycles. The van der Waals surface area contributed by atoms with Crippen LogP contribution in [0.5, 0.6) is 0 Å². The van der Waals surface area contributed by atoms with Crippen LogP contribution in [-0.2, 0) is 4.74 Å². The van der Waals surface area contributed by atoms with Crippen LogP contribution in [0.2, 0.25) is 19.6 Å². The Hall–Kier alpha value is 0.177. The molecule has 0 aliphatic carbocycles. The van der Waals surface area contributed by atoms with Crippen LogP contribution in [0.1, 0.15) is 52.4 Å². The SMILES string of the molecule is CCCCCC1([Si](C)(C)C)OC1CCC. The molecule has 0 saturated carbocycles. The molecule has 0 aromatic rings. The minimum absolute atomic E-state index is 0.345. The summed E-state index contributed by atoms with van der Waals surface area (Å²) in [6.07, 6.45) is 8.52. The van der Waals surface area contributed by atoms with Gasteiger partial charge >= 0.3 is 0 Å². The van der Waals surface area contributed by atoms with Gasteiger partial charge in [-0.05, 0) is 12.8 Å². The predicted molar refractivity (Wildman–Crippen MR) is 70.0 cm³/mol. The normalized spacial score (nSPS) is 30.6. The third-order valence-electron chi connectivity index (χ3n) is 3.79. The van der Waals surface area contributed by atoms with Crippen LogP contribution in [0, 0.1) is 0 Å². The summed E-state index contributed by atoms with van der Waals surface area (Å²) >= 11 is 0. The lowest BCUT2D eigenvalue weighted by molar-refractivity contribution is 0.323. The third-order valence-corrected chi connectivity index (χ3v) is 7.02. The van der Waals surface area contributed by atoms with Crippen LogP contribution in [0.4, 0.5) is 0 Å². The van der Waals surface area contributed by atoms with Gasteiger partial charge in [-0.25, -0.2) is 0 Å². The van der Waals surface area contributed by atoms with Crippen molar-refractivity contribution in [2.24, 2.45) is 0 Å². The van der Waals surface area contributed by atoms with Crippen LogP contribution in [-0.4, -0.2) is 19.4 Å². The van der Waals surface area contributed by atoms with Gasteiger partial charge in [0.25, 0.3) is 0 Å². The van der Waals surface area contributed by atoms with Crippen molar-refractivity contribution in [3.63, 3.8) is 0 Å². The molecule has 0 N–H and O–H groups in total. The van der Waals surface area contributed by atoms with Crippen LogP contribution >= 0.6 is 0 Å². The van der Waals surface area contributed by atoms with Gasteiger partial charge in [-0.1, -0.05) is 59.2 Å². The standard InChI is InChI=1S/C13H28OSi/c1-6-8-9-11-13(15(3,4)5)12(14-13)10-7-2/h12H,6-11H2,1-5H3. The summed E-state index contributed by atoms with van der Waals surface area (Å²) < 4.78 is 6.12. The topological polar surface area (TPSA) is 12.5 Å². The maximum absolute atomic E-state index is 6.12. The fourth-order valence-electron chi connectivity index (χ4n) is 2.67. The van der Waals surface area contributed by atoms with Crippen molar-refractivity contribution in [1.29, 1.82) is 0 Å². The van der Waals surface area contributed by atoms with Gasteiger partial charge in [-0.15, -0.1) is 0 Å². The largest absolute Gasteiger partial charge is 0.370 e. The van der Waals surface area contributed by atoms with Crippen LogP contribution < -0.4 is 0 Å². The lowest BCUT2D eigenvalue weighted by Crippen LogP contribution is -2.43. The molecule has 0 aromatic heterocycles. The van der Waals surface area contributed by atoms with Gasteiger partial charge in [-0.2, -0.15) is 0 Å². The van der Waals surface area contributed by atoms with Gasteiger partial charge < -0.3 is 4.74 Å². The number of ether oxygens (including phenoxy) is 1. The second-order valence-corrected chi connectivity index (χ2v) is 11.3. The Balaban J connectivity index is 2.50. The Morgan fingerprint density at radius 1 is 1.07 bits per heavy atom. The molecule has 2 unspecified atom stereocenters. The van der Waals surface area contributed by atoms with Crippen LogP contribution in [0.15, 0.2) is 0 Å². The maximum atomic E-state index is 6.12. The van der Waals surface area contributed by atoms with E-state index in [1.54, 1.807) is 0 Å². The van der Waals surface area contributed by atoms with E-state index in [1.165, 1.54) is 38.5 Å². The number of hydrogen-bond donors (Lipinski definition) is 0. The van der Waals surface area contributed by atoms with E-state index >= 15 is 0 Å². The van der Waals surface area contributed by atoms with Crippen molar-refractivity contribution in [3.8, 4) is 0 Å². The molecule has 1 aliphatic rings. The Kier molecular flexibility index (Phi) is 4.42. The first-order valence-corrected chi connectivity index (χ1v) is 10.2. The minimum atomic E-state index is -1.15. The van der Waals surface area contributed by atoms with E-state index < -0.39 is 8.07 Å². The van der Waals surface area contributed by atoms with Gasteiger partial charge in [0.1, 0.15) is 0 Å². The lowest BCUT2D eigenvalue weighted by atomic mass is 10.1. The summed E-state index contributed by atoms with van der Waals surface area (Å²) in [5.41, 5.74) is 0. The van der Waals surface area contributed by atoms with Crippen molar-refractivity contribution >= 4 is 8.07 Å². The first kappa shape index (κ1) is 13.2. The Morgan fingerprint density at radius 2 is 1.73 bits per heavy atom. The Morgan fingerprint density at radius 3 is 2.20 bits per heavy atom. The average molecular weight is 228 g/mol. The summed E-state index contributed by atoms with van der Waals surface area (Å²) in [6, 6.07) is 0. The molecule has 1 fully saturated rings. The molecular weight excluding hydrogens is 200 g/mol. The molecule has 1 nitrogen and oxygen atoms in total. The quantitative estimate of drug-likeness (QED) is 0.358. The molecule has 0 aromatic carbocycles. The van der Waals surface area contributed by atoms with Gasteiger partial charge in [0.2, 0.25) is 0 Å². The Bertz CT molecular complexity index is 197. The summed E-state index contributed by atoms with van der Waals surface area (Å²) in [7, 11) is -1.15. The highest BCUT2D eigenvalue weighted by Crippen LogP contribution is 2.50. The van der Waals surface area contributed by atoms with Crippen molar-refractivity contribution in [1.82, 2.24) is 0 Å². The van der Waals surface area contributed by atoms with Crippen LogP contribution in [0.3, 0.4) is 0 Å². The minimum Gasteiger partial charge on any atom is -0.370 e. The predicted octanol–water partition coefficient (Wildman–Crippen LogP) is 4.38. The van der Waals surface area contributed by atoms with Gasteiger partial charge in [0, 0.05) is 0 Å². The second-order valence-electron chi connectivity index (χ2n) is 5.99. The molecule has 1 rings (SSSR count). The molecule has 1 heterocycles. The lowest BCUT2D eigenvalue weighted by Gasteiger charge is -2.26. The Labute approximate surface area is 96.6 Å². The van der Waals surface area contributed by atoms with Crippen molar-refractivity contribution in [2.45, 2.75) is 83.3 Å². The van der Waals surface area contributed by atoms with E-state index in [9.17, 15) is 0 Å². The van der Waals surface area contributed by atoms with Gasteiger partial charge in [-0.3, -0.25) is 0 Å². The van der Waals surface area contributed by atoms with E-state index in [4.69, 9.17) is 4.74 Å². The van der Waals surface area contributed by atoms with E-state index in [0.29, 0.717) is 11.3 Å². The number of rotatable bonds is 7. The molecule has 0 amide bonds. The number of hydrogen-bond acceptors (Lipinski definition) is 1. The zero-order valence-corrected chi connectivity index (χ0v) is 12.2. The molecule has 1 saturated heterocycles. The van der Waals surface area contributed by atoms with Gasteiger partial charge in [0.05, 0.1) is 19.4 Å². The first-order chi connectivity index (χ1) is 6.98. The molecule has 0 spiro atoms. The molecule has 90 valence electrons. The molecule has 15 heavy (non-hydrogen) atoms. The zero-order chi connectivity index (χ0) is 11.5. The monoisotopic (exact) mass is 228 g/mol. The number of unbranched alkanes of at least 4 members (excludes halogenated alkanes) is 2. The van der Waals surface area contributed by atoms with Crippen molar-refractivity contribution in [3.05, 3.63) is 0 Å². The summed E-state index contributed by atoms with van der Waals surface area (Å²) in [4.78, 5) is 0. The molecule has 0 bridgehead atoms. The van der Waals surface area contributed by atoms with E-state index in [0.717, 1.165) is 0 Å². The zero-order valence-electron chi connectivity index (χ0n) is 11.2. The van der Waals surface area contributed by atoms with E-state index in [1.807, 2.05) is 0 Å². The summed E-state index contributed by atoms with van der Waals surface area (Å²) in [6.45, 7) is 11.9. The highest BCUT2D eigenvalue weighted by atomic mass is 28.3. The summed E-state index contributed by atoms with van der Waals surface area (Å²) in [5, 5.41) is 0.345. The fraction of sp³-hybridized carbons (Fsp3) is 1.00. The van der Waals surface area contributed by atoms with Crippen LogP contribution in [0.25, 0.3) is 0 Å². The maximum Gasteiger partial charge on any atom is 0.0858 e. The number of epoxide rings is 1. The fourth-order valence-corrected chi connectivity index (χ4v) is 5.20. The highest BCUT2D eigenvalue weighted by Gasteiger charge is 2.62. The van der Waals surface area contributed by atoms with Crippen molar-refractivity contribution < 1.29 is 4.74 Å². The third kappa shape index (κ3) is 2.85. The second kappa shape index (κ2) is 5.01. The summed E-state index contributed by atoms with van der Waals surface area (Å²) in [5.74, 6) is 0. The van der Waals surface area contributed by atoms with E-state index in [2.05, 4.69) is 33.5 Å². The average Bonchev–Trinajstić information content (AvgIpc) is 2.80. The molecular formula is C13H28OSi. The van der Waals surface area contributed by atoms with Crippen molar-refractivity contribution in [2.75, 3.05) is 0 Å². The first-order valence-electron chi connectivity index (χ1n) is 6.65. The molecule has 2 heteroatoms. The molecule has 2 atom stereocenters. The molecule has 0 radical (unpaired) electrons. The smallest absolute Gasteiger partial charge is 0.0858 e. The van der Waals surface area contributed by atoms with E-state index in [-0.39, 0.29) is 0 Å². The van der Waals surface area contributed by atoms with Gasteiger partial charge in [0.15, 0.2) is 0 Å². The highest BCUT2D eigenvalue weighted by molar-refractivity contribution is 6.79.